The Morgan fingerprint density at radius 1 is 0.759 bits per heavy atom. The standard InChI is InChI=1S/C22H22N2O5/c1-15(2)21(25)28-14-13-27-19-9-5-17(6-10-19)23-24-18-7-11-20(12-8-18)29-22(26)16(3)4/h5-12H,1,3,13-14H2,2,4H3. The molecule has 0 aromatic heterocycles. The fraction of sp³-hybridized carbons (Fsp3) is 0.182. The zero-order valence-corrected chi connectivity index (χ0v) is 16.4. The van der Waals surface area contributed by atoms with E-state index >= 15 is 0 Å². The van der Waals surface area contributed by atoms with Gasteiger partial charge in [-0.25, -0.2) is 9.59 Å². The molecule has 0 saturated heterocycles. The summed E-state index contributed by atoms with van der Waals surface area (Å²) in [4.78, 5) is 22.7. The maximum Gasteiger partial charge on any atom is 0.338 e. The molecule has 2 aromatic carbocycles. The van der Waals surface area contributed by atoms with E-state index in [1.807, 2.05) is 0 Å². The highest BCUT2D eigenvalue weighted by molar-refractivity contribution is 5.88. The van der Waals surface area contributed by atoms with Crippen molar-refractivity contribution in [1.82, 2.24) is 0 Å². The highest BCUT2D eigenvalue weighted by atomic mass is 16.6. The van der Waals surface area contributed by atoms with Gasteiger partial charge in [-0.05, 0) is 62.4 Å². The van der Waals surface area contributed by atoms with E-state index in [1.54, 1.807) is 62.4 Å². The first-order chi connectivity index (χ1) is 13.8. The zero-order valence-electron chi connectivity index (χ0n) is 16.4. The Morgan fingerprint density at radius 2 is 1.24 bits per heavy atom. The summed E-state index contributed by atoms with van der Waals surface area (Å²) in [6.07, 6.45) is 0. The largest absolute Gasteiger partial charge is 0.490 e. The Balaban J connectivity index is 1.83. The van der Waals surface area contributed by atoms with Crippen LogP contribution in [0.5, 0.6) is 11.5 Å². The van der Waals surface area contributed by atoms with Crippen LogP contribution in [0.15, 0.2) is 83.1 Å². The quantitative estimate of drug-likeness (QED) is 0.195. The molecule has 7 nitrogen and oxygen atoms in total. The number of esters is 2. The Bertz CT molecular complexity index is 915. The summed E-state index contributed by atoms with van der Waals surface area (Å²) in [5.41, 5.74) is 1.93. The second-order valence-corrected chi connectivity index (χ2v) is 6.12. The number of benzene rings is 2. The minimum Gasteiger partial charge on any atom is -0.490 e. The van der Waals surface area contributed by atoms with Gasteiger partial charge in [0.15, 0.2) is 0 Å². The van der Waals surface area contributed by atoms with E-state index in [1.165, 1.54) is 0 Å². The van der Waals surface area contributed by atoms with Crippen LogP contribution >= 0.6 is 0 Å². The van der Waals surface area contributed by atoms with Gasteiger partial charge in [-0.2, -0.15) is 10.2 Å². The van der Waals surface area contributed by atoms with Crippen molar-refractivity contribution in [3.63, 3.8) is 0 Å². The van der Waals surface area contributed by atoms with Crippen molar-refractivity contribution in [3.8, 4) is 11.5 Å². The van der Waals surface area contributed by atoms with Crippen LogP contribution in [0.25, 0.3) is 0 Å². The Labute approximate surface area is 169 Å². The molecule has 0 atom stereocenters. The van der Waals surface area contributed by atoms with E-state index in [0.717, 1.165) is 0 Å². The molecule has 0 spiro atoms. The second-order valence-electron chi connectivity index (χ2n) is 6.12. The molecule has 0 radical (unpaired) electrons. The summed E-state index contributed by atoms with van der Waals surface area (Å²) in [6, 6.07) is 13.6. The molecule has 0 saturated carbocycles. The van der Waals surface area contributed by atoms with Gasteiger partial charge in [0.2, 0.25) is 0 Å². The predicted octanol–water partition coefficient (Wildman–Crippen LogP) is 5.08. The lowest BCUT2D eigenvalue weighted by Gasteiger charge is -2.07. The van der Waals surface area contributed by atoms with Crippen molar-refractivity contribution in [3.05, 3.63) is 72.8 Å². The lowest BCUT2D eigenvalue weighted by atomic mass is 10.3. The molecule has 0 heterocycles. The summed E-state index contributed by atoms with van der Waals surface area (Å²) < 4.78 is 15.6. The molecular formula is C22H22N2O5. The van der Waals surface area contributed by atoms with E-state index in [-0.39, 0.29) is 13.2 Å². The summed E-state index contributed by atoms with van der Waals surface area (Å²) in [5, 5.41) is 8.28. The number of ether oxygens (including phenoxy) is 3. The predicted molar refractivity (Wildman–Crippen MR) is 109 cm³/mol. The van der Waals surface area contributed by atoms with Crippen molar-refractivity contribution in [1.29, 1.82) is 0 Å². The molecule has 0 bridgehead atoms. The van der Waals surface area contributed by atoms with E-state index in [2.05, 4.69) is 23.4 Å². The van der Waals surface area contributed by atoms with E-state index in [0.29, 0.717) is 34.0 Å². The van der Waals surface area contributed by atoms with E-state index in [4.69, 9.17) is 14.2 Å². The summed E-state index contributed by atoms with van der Waals surface area (Å²) >= 11 is 0. The molecule has 7 heteroatoms. The molecule has 29 heavy (non-hydrogen) atoms. The first-order valence-electron chi connectivity index (χ1n) is 8.80. The molecular weight excluding hydrogens is 372 g/mol. The van der Waals surface area contributed by atoms with Crippen LogP contribution in [-0.4, -0.2) is 25.2 Å². The van der Waals surface area contributed by atoms with Crippen molar-refractivity contribution in [2.24, 2.45) is 10.2 Å². The van der Waals surface area contributed by atoms with Gasteiger partial charge in [0.05, 0.1) is 11.4 Å². The second kappa shape index (κ2) is 10.6. The number of carbonyl (C=O) groups excluding carboxylic acids is 2. The van der Waals surface area contributed by atoms with Crippen molar-refractivity contribution in [2.45, 2.75) is 13.8 Å². The minimum atomic E-state index is -0.476. The normalized spacial score (nSPS) is 10.4. The van der Waals surface area contributed by atoms with E-state index in [9.17, 15) is 9.59 Å². The maximum atomic E-state index is 11.5. The van der Waals surface area contributed by atoms with Gasteiger partial charge in [-0.1, -0.05) is 13.2 Å². The van der Waals surface area contributed by atoms with Crippen molar-refractivity contribution in [2.75, 3.05) is 13.2 Å². The Morgan fingerprint density at radius 3 is 1.72 bits per heavy atom. The first kappa shape index (κ1) is 21.6. The van der Waals surface area contributed by atoms with Crippen LogP contribution in [0, 0.1) is 0 Å². The molecule has 2 aromatic rings. The summed E-state index contributed by atoms with van der Waals surface area (Å²) in [7, 11) is 0. The number of carbonyl (C=O) groups is 2. The van der Waals surface area contributed by atoms with Crippen LogP contribution in [0.4, 0.5) is 11.4 Å². The molecule has 150 valence electrons. The molecule has 0 amide bonds. The maximum absolute atomic E-state index is 11.5. The van der Waals surface area contributed by atoms with Gasteiger partial charge in [0.25, 0.3) is 0 Å². The minimum absolute atomic E-state index is 0.144. The van der Waals surface area contributed by atoms with Crippen LogP contribution in [0.1, 0.15) is 13.8 Å². The molecule has 0 N–H and O–H groups in total. The monoisotopic (exact) mass is 394 g/mol. The Kier molecular flexibility index (Phi) is 7.85. The van der Waals surface area contributed by atoms with E-state index < -0.39 is 11.9 Å². The SMILES string of the molecule is C=C(C)C(=O)OCCOc1ccc(N=Nc2ccc(OC(=O)C(=C)C)cc2)cc1. The fourth-order valence-corrected chi connectivity index (χ4v) is 1.92. The van der Waals surface area contributed by atoms with Gasteiger partial charge in [0, 0.05) is 11.1 Å². The third kappa shape index (κ3) is 7.42. The molecule has 0 aliphatic heterocycles. The Hall–Kier alpha value is -3.74. The van der Waals surface area contributed by atoms with Gasteiger partial charge in [-0.3, -0.25) is 0 Å². The van der Waals surface area contributed by atoms with Crippen LogP contribution in [-0.2, 0) is 14.3 Å². The zero-order chi connectivity index (χ0) is 21.2. The van der Waals surface area contributed by atoms with Crippen LogP contribution in [0.3, 0.4) is 0 Å². The van der Waals surface area contributed by atoms with Gasteiger partial charge >= 0.3 is 11.9 Å². The lowest BCUT2D eigenvalue weighted by molar-refractivity contribution is -0.139. The highest BCUT2D eigenvalue weighted by Crippen LogP contribution is 2.23. The number of nitrogens with zero attached hydrogens (tertiary/aromatic N) is 2. The third-order valence-electron chi connectivity index (χ3n) is 3.45. The molecule has 0 unspecified atom stereocenters. The average molecular weight is 394 g/mol. The number of hydrogen-bond acceptors (Lipinski definition) is 7. The van der Waals surface area contributed by atoms with Gasteiger partial charge < -0.3 is 14.2 Å². The molecule has 0 fully saturated rings. The lowest BCUT2D eigenvalue weighted by Crippen LogP contribution is -2.12. The third-order valence-corrected chi connectivity index (χ3v) is 3.45. The topological polar surface area (TPSA) is 86.6 Å². The molecule has 0 aliphatic rings. The number of hydrogen-bond donors (Lipinski definition) is 0. The van der Waals surface area contributed by atoms with Gasteiger partial charge in [0.1, 0.15) is 24.7 Å². The summed E-state index contributed by atoms with van der Waals surface area (Å²) in [5.74, 6) is 0.119. The molecule has 0 aliphatic carbocycles. The molecule has 2 rings (SSSR count). The van der Waals surface area contributed by atoms with Crippen molar-refractivity contribution < 1.29 is 23.8 Å². The average Bonchev–Trinajstić information content (AvgIpc) is 2.71. The first-order valence-corrected chi connectivity index (χ1v) is 8.80. The smallest absolute Gasteiger partial charge is 0.338 e. The number of rotatable bonds is 9. The summed E-state index contributed by atoms with van der Waals surface area (Å²) in [6.45, 7) is 10.6. The number of azo groups is 1. The fourth-order valence-electron chi connectivity index (χ4n) is 1.92. The van der Waals surface area contributed by atoms with Crippen LogP contribution < -0.4 is 9.47 Å². The van der Waals surface area contributed by atoms with Crippen LogP contribution in [0.2, 0.25) is 0 Å². The highest BCUT2D eigenvalue weighted by Gasteiger charge is 2.05. The van der Waals surface area contributed by atoms with Gasteiger partial charge in [-0.15, -0.1) is 0 Å². The van der Waals surface area contributed by atoms with Crippen molar-refractivity contribution >= 4 is 23.3 Å².